The molecule has 0 saturated heterocycles. The summed E-state index contributed by atoms with van der Waals surface area (Å²) in [6.07, 6.45) is 2.49. The molecule has 0 radical (unpaired) electrons. The molecule has 0 spiro atoms. The van der Waals surface area contributed by atoms with Crippen LogP contribution in [0, 0.1) is 0 Å². The van der Waals surface area contributed by atoms with Gasteiger partial charge in [-0.25, -0.2) is 4.98 Å². The maximum atomic E-state index is 11.9. The van der Waals surface area contributed by atoms with Gasteiger partial charge in [0.2, 0.25) is 0 Å². The van der Waals surface area contributed by atoms with Gasteiger partial charge in [-0.1, -0.05) is 0 Å². The van der Waals surface area contributed by atoms with Crippen molar-refractivity contribution in [3.63, 3.8) is 0 Å². The molecule has 2 rings (SSSR count). The number of nitrogen functional groups attached to an aromatic ring is 1. The van der Waals surface area contributed by atoms with Crippen LogP contribution in [-0.4, -0.2) is 24.5 Å². The first-order valence-corrected chi connectivity index (χ1v) is 6.68. The summed E-state index contributed by atoms with van der Waals surface area (Å²) in [6, 6.07) is 4.98. The Balaban J connectivity index is 1.91. The van der Waals surface area contributed by atoms with Crippen molar-refractivity contribution < 1.29 is 9.53 Å². The number of nitrogens with one attached hydrogen (secondary N) is 1. The topological polar surface area (TPSA) is 77.2 Å². The fraction of sp³-hybridized carbons (Fsp3) is 0.231. The summed E-state index contributed by atoms with van der Waals surface area (Å²) in [5, 5.41) is 5.76. The number of amides is 1. The fourth-order valence-corrected chi connectivity index (χ4v) is 2.26. The first-order chi connectivity index (χ1) is 9.20. The van der Waals surface area contributed by atoms with Crippen LogP contribution >= 0.6 is 11.3 Å². The van der Waals surface area contributed by atoms with E-state index >= 15 is 0 Å². The average molecular weight is 277 g/mol. The highest BCUT2D eigenvalue weighted by atomic mass is 32.1. The minimum atomic E-state index is -0.147. The number of hydrogen-bond donors (Lipinski definition) is 2. The van der Waals surface area contributed by atoms with E-state index in [0.717, 1.165) is 11.4 Å². The molecule has 2 aromatic rings. The van der Waals surface area contributed by atoms with Crippen LogP contribution in [-0.2, 0) is 6.42 Å². The zero-order chi connectivity index (χ0) is 13.7. The highest BCUT2D eigenvalue weighted by Crippen LogP contribution is 2.21. The van der Waals surface area contributed by atoms with Gasteiger partial charge in [-0.05, 0) is 18.2 Å². The molecule has 1 heterocycles. The summed E-state index contributed by atoms with van der Waals surface area (Å²) in [5.74, 6) is 0.422. The number of nitrogens with two attached hydrogens (primary N) is 1. The number of benzene rings is 1. The normalized spacial score (nSPS) is 10.2. The van der Waals surface area contributed by atoms with Crippen LogP contribution in [0.15, 0.2) is 29.8 Å². The second-order valence-corrected chi connectivity index (χ2v) is 4.87. The van der Waals surface area contributed by atoms with Crippen molar-refractivity contribution in [3.8, 4) is 5.75 Å². The molecule has 1 aromatic heterocycles. The molecule has 0 aliphatic heterocycles. The van der Waals surface area contributed by atoms with E-state index in [1.807, 2.05) is 5.38 Å². The number of rotatable bonds is 5. The Hall–Kier alpha value is -2.08. The minimum Gasteiger partial charge on any atom is -0.495 e. The van der Waals surface area contributed by atoms with E-state index in [1.165, 1.54) is 0 Å². The number of anilines is 1. The standard InChI is InChI=1S/C13H15N3O2S/c1-18-11-3-2-9(8-10(11)14)13(17)16-5-4-12-15-6-7-19-12/h2-3,6-8H,4-5,14H2,1H3,(H,16,17). The van der Waals surface area contributed by atoms with E-state index in [-0.39, 0.29) is 5.91 Å². The Morgan fingerprint density at radius 2 is 2.37 bits per heavy atom. The highest BCUT2D eigenvalue weighted by molar-refractivity contribution is 7.09. The Labute approximate surface area is 115 Å². The van der Waals surface area contributed by atoms with Gasteiger partial charge in [0.25, 0.3) is 5.91 Å². The van der Waals surface area contributed by atoms with Crippen molar-refractivity contribution in [1.82, 2.24) is 10.3 Å². The van der Waals surface area contributed by atoms with Crippen molar-refractivity contribution >= 4 is 22.9 Å². The maximum Gasteiger partial charge on any atom is 0.251 e. The molecule has 1 aromatic carbocycles. The Kier molecular flexibility index (Phi) is 4.35. The molecular weight excluding hydrogens is 262 g/mol. The van der Waals surface area contributed by atoms with Gasteiger partial charge in [0.15, 0.2) is 0 Å². The molecule has 0 saturated carbocycles. The first-order valence-electron chi connectivity index (χ1n) is 5.81. The van der Waals surface area contributed by atoms with Crippen molar-refractivity contribution in [2.24, 2.45) is 0 Å². The lowest BCUT2D eigenvalue weighted by atomic mass is 10.1. The van der Waals surface area contributed by atoms with Gasteiger partial charge in [-0.3, -0.25) is 4.79 Å². The number of thiazole rings is 1. The minimum absolute atomic E-state index is 0.147. The average Bonchev–Trinajstić information content (AvgIpc) is 2.91. The van der Waals surface area contributed by atoms with Crippen molar-refractivity contribution in [1.29, 1.82) is 0 Å². The van der Waals surface area contributed by atoms with E-state index in [4.69, 9.17) is 10.5 Å². The van der Waals surface area contributed by atoms with E-state index in [2.05, 4.69) is 10.3 Å². The summed E-state index contributed by atoms with van der Waals surface area (Å²) >= 11 is 1.58. The fourth-order valence-electron chi connectivity index (χ4n) is 1.64. The summed E-state index contributed by atoms with van der Waals surface area (Å²) in [6.45, 7) is 0.554. The number of carbonyl (C=O) groups excluding carboxylic acids is 1. The van der Waals surface area contributed by atoms with Gasteiger partial charge in [0.05, 0.1) is 17.8 Å². The summed E-state index contributed by atoms with van der Waals surface area (Å²) in [7, 11) is 1.54. The SMILES string of the molecule is COc1ccc(C(=O)NCCc2nccs2)cc1N. The quantitative estimate of drug-likeness (QED) is 0.816. The number of aromatic nitrogens is 1. The number of carbonyl (C=O) groups is 1. The molecule has 5 nitrogen and oxygen atoms in total. The number of hydrogen-bond acceptors (Lipinski definition) is 5. The molecule has 0 fully saturated rings. The maximum absolute atomic E-state index is 11.9. The van der Waals surface area contributed by atoms with Crippen LogP contribution in [0.2, 0.25) is 0 Å². The molecule has 100 valence electrons. The van der Waals surface area contributed by atoms with Gasteiger partial charge >= 0.3 is 0 Å². The molecular formula is C13H15N3O2S. The Morgan fingerprint density at radius 1 is 1.53 bits per heavy atom. The molecule has 6 heteroatoms. The molecule has 19 heavy (non-hydrogen) atoms. The van der Waals surface area contributed by atoms with Gasteiger partial charge < -0.3 is 15.8 Å². The molecule has 0 aliphatic rings. The summed E-state index contributed by atoms with van der Waals surface area (Å²) < 4.78 is 5.05. The highest BCUT2D eigenvalue weighted by Gasteiger charge is 2.08. The lowest BCUT2D eigenvalue weighted by molar-refractivity contribution is 0.0954. The van der Waals surface area contributed by atoms with E-state index in [1.54, 1.807) is 42.8 Å². The predicted octanol–water partition coefficient (Wildman–Crippen LogP) is 1.71. The summed E-state index contributed by atoms with van der Waals surface area (Å²) in [5.41, 5.74) is 6.74. The number of nitrogens with zero attached hydrogens (tertiary/aromatic N) is 1. The van der Waals surface area contributed by atoms with Gasteiger partial charge in [-0.2, -0.15) is 0 Å². The van der Waals surface area contributed by atoms with Crippen LogP contribution < -0.4 is 15.8 Å². The molecule has 0 atom stereocenters. The van der Waals surface area contributed by atoms with E-state index < -0.39 is 0 Å². The Bertz CT molecular complexity index is 555. The van der Waals surface area contributed by atoms with Crippen LogP contribution in [0.4, 0.5) is 5.69 Å². The zero-order valence-corrected chi connectivity index (χ0v) is 11.4. The van der Waals surface area contributed by atoms with Crippen molar-refractivity contribution in [3.05, 3.63) is 40.3 Å². The van der Waals surface area contributed by atoms with Gasteiger partial charge in [0, 0.05) is 30.1 Å². The number of ether oxygens (including phenoxy) is 1. The number of methoxy groups -OCH3 is 1. The largest absolute Gasteiger partial charge is 0.495 e. The predicted molar refractivity (Wildman–Crippen MR) is 75.6 cm³/mol. The molecule has 0 aliphatic carbocycles. The van der Waals surface area contributed by atoms with Crippen LogP contribution in [0.25, 0.3) is 0 Å². The van der Waals surface area contributed by atoms with E-state index in [9.17, 15) is 4.79 Å². The molecule has 3 N–H and O–H groups in total. The third-order valence-electron chi connectivity index (χ3n) is 2.60. The van der Waals surface area contributed by atoms with Crippen molar-refractivity contribution in [2.75, 3.05) is 19.4 Å². The van der Waals surface area contributed by atoms with Crippen molar-refractivity contribution in [2.45, 2.75) is 6.42 Å². The first kappa shape index (κ1) is 13.4. The van der Waals surface area contributed by atoms with Crippen LogP contribution in [0.3, 0.4) is 0 Å². The van der Waals surface area contributed by atoms with Gasteiger partial charge in [0.1, 0.15) is 5.75 Å². The lowest BCUT2D eigenvalue weighted by Gasteiger charge is -2.07. The third kappa shape index (κ3) is 3.45. The lowest BCUT2D eigenvalue weighted by Crippen LogP contribution is -2.25. The van der Waals surface area contributed by atoms with Crippen LogP contribution in [0.5, 0.6) is 5.75 Å². The molecule has 0 bridgehead atoms. The second kappa shape index (κ2) is 6.19. The Morgan fingerprint density at radius 3 is 3.00 bits per heavy atom. The smallest absolute Gasteiger partial charge is 0.251 e. The molecule has 1 amide bonds. The third-order valence-corrected chi connectivity index (χ3v) is 3.44. The van der Waals surface area contributed by atoms with Crippen LogP contribution in [0.1, 0.15) is 15.4 Å². The summed E-state index contributed by atoms with van der Waals surface area (Å²) in [4.78, 5) is 16.1. The molecule has 0 unspecified atom stereocenters. The monoisotopic (exact) mass is 277 g/mol. The zero-order valence-electron chi connectivity index (χ0n) is 10.6. The van der Waals surface area contributed by atoms with Gasteiger partial charge in [-0.15, -0.1) is 11.3 Å². The second-order valence-electron chi connectivity index (χ2n) is 3.89. The van der Waals surface area contributed by atoms with E-state index in [0.29, 0.717) is 23.5 Å².